The molecule has 0 saturated carbocycles. The minimum Gasteiger partial charge on any atom is -0.496 e. The van der Waals surface area contributed by atoms with Crippen molar-refractivity contribution < 1.29 is 14.6 Å². The van der Waals surface area contributed by atoms with Crippen LogP contribution in [0.2, 0.25) is 0 Å². The first-order valence-electron chi connectivity index (χ1n) is 5.13. The molecule has 0 fully saturated rings. The Morgan fingerprint density at radius 3 is 2.75 bits per heavy atom. The molecule has 0 heterocycles. The van der Waals surface area contributed by atoms with E-state index in [2.05, 4.69) is 15.9 Å². The number of aliphatic carboxylic acids is 1. The number of ether oxygens (including phenoxy) is 1. The molecule has 88 valence electrons. The van der Waals surface area contributed by atoms with Crippen LogP contribution in [0, 0.1) is 0 Å². The van der Waals surface area contributed by atoms with E-state index in [-0.39, 0.29) is 12.3 Å². The zero-order valence-electron chi connectivity index (χ0n) is 9.37. The van der Waals surface area contributed by atoms with Crippen LogP contribution in [0.25, 0.3) is 0 Å². The predicted molar refractivity (Wildman–Crippen MR) is 66.0 cm³/mol. The molecule has 0 unspecified atom stereocenters. The van der Waals surface area contributed by atoms with E-state index in [0.29, 0.717) is 0 Å². The van der Waals surface area contributed by atoms with E-state index < -0.39 is 5.97 Å². The third kappa shape index (κ3) is 3.23. The number of rotatable bonds is 5. The van der Waals surface area contributed by atoms with E-state index in [1.807, 2.05) is 25.1 Å². The van der Waals surface area contributed by atoms with E-state index in [1.54, 1.807) is 7.11 Å². The van der Waals surface area contributed by atoms with Crippen LogP contribution in [0.1, 0.15) is 31.2 Å². The average molecular weight is 287 g/mol. The standard InChI is InChI=1S/C12H15BrO3/c1-3-8(6-12(14)15)10-7-9(13)4-5-11(10)16-2/h4-5,7-8H,3,6H2,1-2H3,(H,14,15)/t8-/m1/s1. The van der Waals surface area contributed by atoms with Crippen LogP contribution >= 0.6 is 15.9 Å². The van der Waals surface area contributed by atoms with Crippen LogP contribution in [0.5, 0.6) is 5.75 Å². The number of carbonyl (C=O) groups is 1. The smallest absolute Gasteiger partial charge is 0.303 e. The van der Waals surface area contributed by atoms with Gasteiger partial charge in [0.1, 0.15) is 5.75 Å². The molecule has 0 amide bonds. The van der Waals surface area contributed by atoms with Crippen molar-refractivity contribution in [3.8, 4) is 5.75 Å². The average Bonchev–Trinajstić information content (AvgIpc) is 2.25. The highest BCUT2D eigenvalue weighted by atomic mass is 79.9. The molecule has 0 aliphatic rings. The van der Waals surface area contributed by atoms with Crippen molar-refractivity contribution in [1.82, 2.24) is 0 Å². The third-order valence-corrected chi connectivity index (χ3v) is 3.04. The molecule has 1 rings (SSSR count). The molecule has 1 aromatic rings. The van der Waals surface area contributed by atoms with Crippen molar-refractivity contribution in [3.63, 3.8) is 0 Å². The summed E-state index contributed by atoms with van der Waals surface area (Å²) in [6.07, 6.45) is 0.905. The van der Waals surface area contributed by atoms with Gasteiger partial charge >= 0.3 is 5.97 Å². The van der Waals surface area contributed by atoms with Crippen LogP contribution in [0.3, 0.4) is 0 Å². The molecule has 1 N–H and O–H groups in total. The molecule has 0 aliphatic carbocycles. The molecule has 16 heavy (non-hydrogen) atoms. The highest BCUT2D eigenvalue weighted by molar-refractivity contribution is 9.10. The molecular formula is C12H15BrO3. The molecule has 0 aromatic heterocycles. The molecular weight excluding hydrogens is 272 g/mol. The molecule has 3 nitrogen and oxygen atoms in total. The van der Waals surface area contributed by atoms with E-state index in [1.165, 1.54) is 0 Å². The lowest BCUT2D eigenvalue weighted by Crippen LogP contribution is -2.07. The van der Waals surface area contributed by atoms with Gasteiger partial charge in [-0.25, -0.2) is 0 Å². The van der Waals surface area contributed by atoms with E-state index in [0.717, 1.165) is 22.2 Å². The van der Waals surface area contributed by atoms with Gasteiger partial charge in [-0.05, 0) is 36.1 Å². The summed E-state index contributed by atoms with van der Waals surface area (Å²) in [6.45, 7) is 1.98. The van der Waals surface area contributed by atoms with Gasteiger partial charge in [0.25, 0.3) is 0 Å². The molecule has 0 radical (unpaired) electrons. The van der Waals surface area contributed by atoms with Crippen LogP contribution in [-0.4, -0.2) is 18.2 Å². The number of benzene rings is 1. The number of carboxylic acid groups (broad SMARTS) is 1. The Hall–Kier alpha value is -1.03. The maximum Gasteiger partial charge on any atom is 0.303 e. The Kier molecular flexibility index (Phi) is 4.80. The summed E-state index contributed by atoms with van der Waals surface area (Å²) in [5.74, 6) is -0.0462. The molecule has 0 saturated heterocycles. The number of carboxylic acids is 1. The normalized spacial score (nSPS) is 12.2. The zero-order chi connectivity index (χ0) is 12.1. The van der Waals surface area contributed by atoms with Crippen molar-refractivity contribution in [2.75, 3.05) is 7.11 Å². The zero-order valence-corrected chi connectivity index (χ0v) is 11.0. The fourth-order valence-corrected chi connectivity index (χ4v) is 2.09. The van der Waals surface area contributed by atoms with Crippen LogP contribution < -0.4 is 4.74 Å². The molecule has 1 atom stereocenters. The summed E-state index contributed by atoms with van der Waals surface area (Å²) >= 11 is 3.39. The topological polar surface area (TPSA) is 46.5 Å². The van der Waals surface area contributed by atoms with Crippen molar-refractivity contribution in [2.45, 2.75) is 25.7 Å². The quantitative estimate of drug-likeness (QED) is 0.902. The third-order valence-electron chi connectivity index (χ3n) is 2.55. The largest absolute Gasteiger partial charge is 0.496 e. The first kappa shape index (κ1) is 13.0. The Balaban J connectivity index is 3.06. The maximum atomic E-state index is 10.8. The monoisotopic (exact) mass is 286 g/mol. The number of methoxy groups -OCH3 is 1. The second-order valence-electron chi connectivity index (χ2n) is 3.59. The second-order valence-corrected chi connectivity index (χ2v) is 4.50. The van der Waals surface area contributed by atoms with Gasteiger partial charge in [-0.1, -0.05) is 22.9 Å². The highest BCUT2D eigenvalue weighted by Crippen LogP contribution is 2.33. The molecule has 0 aliphatic heterocycles. The molecule has 0 spiro atoms. The fourth-order valence-electron chi connectivity index (χ4n) is 1.71. The maximum absolute atomic E-state index is 10.8. The Labute approximate surface area is 104 Å². The van der Waals surface area contributed by atoms with Gasteiger partial charge in [-0.2, -0.15) is 0 Å². The lowest BCUT2D eigenvalue weighted by Gasteiger charge is -2.16. The predicted octanol–water partition coefficient (Wildman–Crippen LogP) is 3.43. The summed E-state index contributed by atoms with van der Waals surface area (Å²) in [4.78, 5) is 10.8. The van der Waals surface area contributed by atoms with Crippen molar-refractivity contribution >= 4 is 21.9 Å². The van der Waals surface area contributed by atoms with E-state index >= 15 is 0 Å². The Morgan fingerprint density at radius 2 is 2.25 bits per heavy atom. The van der Waals surface area contributed by atoms with Crippen molar-refractivity contribution in [1.29, 1.82) is 0 Å². The summed E-state index contributed by atoms with van der Waals surface area (Å²) < 4.78 is 6.19. The lowest BCUT2D eigenvalue weighted by atomic mass is 9.92. The van der Waals surface area contributed by atoms with Crippen molar-refractivity contribution in [2.24, 2.45) is 0 Å². The van der Waals surface area contributed by atoms with Gasteiger partial charge in [0, 0.05) is 4.47 Å². The number of halogens is 1. The van der Waals surface area contributed by atoms with Crippen LogP contribution in [0.15, 0.2) is 22.7 Å². The lowest BCUT2D eigenvalue weighted by molar-refractivity contribution is -0.137. The van der Waals surface area contributed by atoms with E-state index in [4.69, 9.17) is 9.84 Å². The van der Waals surface area contributed by atoms with Gasteiger partial charge in [-0.15, -0.1) is 0 Å². The van der Waals surface area contributed by atoms with Crippen LogP contribution in [0.4, 0.5) is 0 Å². The summed E-state index contributed by atoms with van der Waals surface area (Å²) in [5.41, 5.74) is 0.946. The van der Waals surface area contributed by atoms with Gasteiger partial charge in [0.15, 0.2) is 0 Å². The minimum absolute atomic E-state index is 0.00931. The molecule has 4 heteroatoms. The first-order chi connectivity index (χ1) is 7.58. The van der Waals surface area contributed by atoms with Gasteiger partial charge in [0.05, 0.1) is 13.5 Å². The molecule has 0 bridgehead atoms. The number of hydrogen-bond donors (Lipinski definition) is 1. The first-order valence-corrected chi connectivity index (χ1v) is 5.93. The highest BCUT2D eigenvalue weighted by Gasteiger charge is 2.17. The summed E-state index contributed by atoms with van der Waals surface area (Å²) in [6, 6.07) is 5.66. The Bertz CT molecular complexity index is 377. The SMILES string of the molecule is CC[C@H](CC(=O)O)c1cc(Br)ccc1OC. The van der Waals surface area contributed by atoms with Crippen LogP contribution in [-0.2, 0) is 4.79 Å². The fraction of sp³-hybridized carbons (Fsp3) is 0.417. The van der Waals surface area contributed by atoms with Crippen molar-refractivity contribution in [3.05, 3.63) is 28.2 Å². The Morgan fingerprint density at radius 1 is 1.56 bits per heavy atom. The summed E-state index contributed by atoms with van der Waals surface area (Å²) in [5, 5.41) is 8.86. The minimum atomic E-state index is -0.783. The summed E-state index contributed by atoms with van der Waals surface area (Å²) in [7, 11) is 1.60. The number of hydrogen-bond acceptors (Lipinski definition) is 2. The van der Waals surface area contributed by atoms with Gasteiger partial charge in [-0.3, -0.25) is 4.79 Å². The second kappa shape index (κ2) is 5.89. The van der Waals surface area contributed by atoms with Gasteiger partial charge < -0.3 is 9.84 Å². The van der Waals surface area contributed by atoms with Gasteiger partial charge in [0.2, 0.25) is 0 Å². The van der Waals surface area contributed by atoms with E-state index in [9.17, 15) is 4.79 Å². The molecule has 1 aromatic carbocycles.